The van der Waals surface area contributed by atoms with Crippen molar-refractivity contribution in [2.24, 2.45) is 0 Å². The molecule has 22 heavy (non-hydrogen) atoms. The second kappa shape index (κ2) is 9.98. The summed E-state index contributed by atoms with van der Waals surface area (Å²) >= 11 is 0. The lowest BCUT2D eigenvalue weighted by Gasteiger charge is -2.07. The number of hydrogen-bond donors (Lipinski definition) is 1. The fourth-order valence-corrected chi connectivity index (χ4v) is 2.02. The molecule has 2 nitrogen and oxygen atoms in total. The van der Waals surface area contributed by atoms with E-state index in [-0.39, 0.29) is 18.2 Å². The van der Waals surface area contributed by atoms with Crippen molar-refractivity contribution in [3.05, 3.63) is 78.1 Å². The molecule has 0 fully saturated rings. The van der Waals surface area contributed by atoms with E-state index in [2.05, 4.69) is 11.9 Å². The van der Waals surface area contributed by atoms with Gasteiger partial charge in [-0.2, -0.15) is 0 Å². The van der Waals surface area contributed by atoms with Gasteiger partial charge in [0.05, 0.1) is 0 Å². The molecule has 0 saturated heterocycles. The number of rotatable bonds is 8. The Morgan fingerprint density at radius 2 is 1.82 bits per heavy atom. The van der Waals surface area contributed by atoms with E-state index in [4.69, 9.17) is 4.74 Å². The van der Waals surface area contributed by atoms with Gasteiger partial charge in [0.15, 0.2) is 0 Å². The second-order valence-electron chi connectivity index (χ2n) is 4.76. The molecule has 4 heteroatoms. The Morgan fingerprint density at radius 1 is 1.09 bits per heavy atom. The summed E-state index contributed by atoms with van der Waals surface area (Å²) in [5.41, 5.74) is 1.92. The van der Waals surface area contributed by atoms with E-state index in [1.165, 1.54) is 11.6 Å². The lowest BCUT2D eigenvalue weighted by Crippen LogP contribution is -2.17. The number of benzene rings is 2. The fraction of sp³-hybridized carbons (Fsp3) is 0.222. The van der Waals surface area contributed by atoms with Crippen LogP contribution in [0, 0.1) is 5.82 Å². The second-order valence-corrected chi connectivity index (χ2v) is 4.76. The summed E-state index contributed by atoms with van der Waals surface area (Å²) in [7, 11) is 0. The normalized spacial score (nSPS) is 9.86. The van der Waals surface area contributed by atoms with Crippen molar-refractivity contribution in [3.8, 4) is 5.75 Å². The van der Waals surface area contributed by atoms with Crippen molar-refractivity contribution in [2.75, 3.05) is 13.2 Å². The first-order valence-electron chi connectivity index (χ1n) is 7.06. The molecule has 0 amide bonds. The summed E-state index contributed by atoms with van der Waals surface area (Å²) in [6.07, 6.45) is 2.41. The van der Waals surface area contributed by atoms with Gasteiger partial charge >= 0.3 is 0 Å². The average molecular weight is 322 g/mol. The number of ether oxygens (including phenoxy) is 1. The Hall–Kier alpha value is -1.84. The molecule has 1 N–H and O–H groups in total. The first-order chi connectivity index (χ1) is 10.3. The Bertz CT molecular complexity index is 572. The van der Waals surface area contributed by atoms with E-state index in [0.29, 0.717) is 13.0 Å². The van der Waals surface area contributed by atoms with Gasteiger partial charge in [0, 0.05) is 6.54 Å². The van der Waals surface area contributed by atoms with E-state index in [0.717, 1.165) is 24.4 Å². The van der Waals surface area contributed by atoms with E-state index in [9.17, 15) is 4.39 Å². The lowest BCUT2D eigenvalue weighted by atomic mass is 10.1. The van der Waals surface area contributed by atoms with Crippen LogP contribution in [-0.2, 0) is 13.0 Å². The highest BCUT2D eigenvalue weighted by atomic mass is 35.5. The summed E-state index contributed by atoms with van der Waals surface area (Å²) in [5, 5.41) is 3.32. The van der Waals surface area contributed by atoms with Crippen LogP contribution in [0.15, 0.2) is 61.2 Å². The molecular weight excluding hydrogens is 301 g/mol. The van der Waals surface area contributed by atoms with Crippen molar-refractivity contribution < 1.29 is 9.13 Å². The van der Waals surface area contributed by atoms with Crippen molar-refractivity contribution in [3.63, 3.8) is 0 Å². The third-order valence-corrected chi connectivity index (χ3v) is 3.15. The SMILES string of the molecule is C=CCOc1ccc(CNCCc2ccccc2F)cc1.Cl. The van der Waals surface area contributed by atoms with Gasteiger partial charge < -0.3 is 10.1 Å². The number of halogens is 2. The zero-order chi connectivity index (χ0) is 14.9. The van der Waals surface area contributed by atoms with Crippen LogP contribution in [-0.4, -0.2) is 13.2 Å². The van der Waals surface area contributed by atoms with Crippen LogP contribution >= 0.6 is 12.4 Å². The standard InChI is InChI=1S/C18H20FNO.ClH/c1-2-13-21-17-9-7-15(8-10-17)14-20-12-11-16-5-3-4-6-18(16)19;/h2-10,20H,1,11-14H2;1H. The first kappa shape index (κ1) is 18.2. The molecule has 118 valence electrons. The van der Waals surface area contributed by atoms with Gasteiger partial charge in [0.1, 0.15) is 18.2 Å². The van der Waals surface area contributed by atoms with Gasteiger partial charge in [-0.3, -0.25) is 0 Å². The van der Waals surface area contributed by atoms with Crippen molar-refractivity contribution in [2.45, 2.75) is 13.0 Å². The molecule has 0 atom stereocenters. The van der Waals surface area contributed by atoms with E-state index in [1.807, 2.05) is 36.4 Å². The summed E-state index contributed by atoms with van der Waals surface area (Å²) < 4.78 is 18.9. The Morgan fingerprint density at radius 3 is 2.50 bits per heavy atom. The summed E-state index contributed by atoms with van der Waals surface area (Å²) in [5.74, 6) is 0.702. The maximum Gasteiger partial charge on any atom is 0.126 e. The molecule has 0 aliphatic carbocycles. The zero-order valence-electron chi connectivity index (χ0n) is 12.4. The molecule has 0 saturated carbocycles. The van der Waals surface area contributed by atoms with Gasteiger partial charge in [-0.05, 0) is 42.3 Å². The summed E-state index contributed by atoms with van der Waals surface area (Å²) in [4.78, 5) is 0. The largest absolute Gasteiger partial charge is 0.490 e. The molecule has 2 rings (SSSR count). The van der Waals surface area contributed by atoms with Crippen LogP contribution in [0.25, 0.3) is 0 Å². The number of hydrogen-bond acceptors (Lipinski definition) is 2. The van der Waals surface area contributed by atoms with E-state index >= 15 is 0 Å². The predicted octanol–water partition coefficient (Wildman–Crippen LogP) is 4.14. The molecular formula is C18H21ClFNO. The highest BCUT2D eigenvalue weighted by molar-refractivity contribution is 5.85. The van der Waals surface area contributed by atoms with E-state index < -0.39 is 0 Å². The van der Waals surface area contributed by atoms with Gasteiger partial charge in [-0.15, -0.1) is 12.4 Å². The molecule has 0 heterocycles. The molecule has 0 spiro atoms. The van der Waals surface area contributed by atoms with Crippen LogP contribution in [0.4, 0.5) is 4.39 Å². The zero-order valence-corrected chi connectivity index (χ0v) is 13.2. The Balaban J connectivity index is 0.00000242. The molecule has 0 bridgehead atoms. The molecule has 0 aliphatic rings. The minimum atomic E-state index is -0.136. The van der Waals surface area contributed by atoms with Crippen molar-refractivity contribution >= 4 is 12.4 Å². The van der Waals surface area contributed by atoms with Gasteiger partial charge in [-0.1, -0.05) is 43.0 Å². The van der Waals surface area contributed by atoms with Crippen molar-refractivity contribution in [1.29, 1.82) is 0 Å². The van der Waals surface area contributed by atoms with Gasteiger partial charge in [0.25, 0.3) is 0 Å². The summed E-state index contributed by atoms with van der Waals surface area (Å²) in [6, 6.07) is 14.8. The lowest BCUT2D eigenvalue weighted by molar-refractivity contribution is 0.363. The first-order valence-corrected chi connectivity index (χ1v) is 7.06. The Kier molecular flexibility index (Phi) is 8.26. The van der Waals surface area contributed by atoms with Gasteiger partial charge in [0.2, 0.25) is 0 Å². The fourth-order valence-electron chi connectivity index (χ4n) is 2.02. The molecule has 0 unspecified atom stereocenters. The molecule has 2 aromatic carbocycles. The molecule has 0 radical (unpaired) electrons. The maximum absolute atomic E-state index is 13.4. The summed E-state index contributed by atoms with van der Waals surface area (Å²) in [6.45, 7) is 5.63. The van der Waals surface area contributed by atoms with Gasteiger partial charge in [-0.25, -0.2) is 4.39 Å². The van der Waals surface area contributed by atoms with Crippen LogP contribution < -0.4 is 10.1 Å². The quantitative estimate of drug-likeness (QED) is 0.582. The minimum absolute atomic E-state index is 0. The topological polar surface area (TPSA) is 21.3 Å². The highest BCUT2D eigenvalue weighted by Crippen LogP contribution is 2.12. The van der Waals surface area contributed by atoms with Crippen molar-refractivity contribution in [1.82, 2.24) is 5.32 Å². The highest BCUT2D eigenvalue weighted by Gasteiger charge is 2.00. The predicted molar refractivity (Wildman–Crippen MR) is 91.2 cm³/mol. The van der Waals surface area contributed by atoms with Crippen LogP contribution in [0.2, 0.25) is 0 Å². The third kappa shape index (κ3) is 5.88. The molecule has 0 aliphatic heterocycles. The van der Waals surface area contributed by atoms with Crippen LogP contribution in [0.5, 0.6) is 5.75 Å². The minimum Gasteiger partial charge on any atom is -0.490 e. The monoisotopic (exact) mass is 321 g/mol. The smallest absolute Gasteiger partial charge is 0.126 e. The van der Waals surface area contributed by atoms with Crippen LogP contribution in [0.1, 0.15) is 11.1 Å². The van der Waals surface area contributed by atoms with Crippen LogP contribution in [0.3, 0.4) is 0 Å². The molecule has 0 aromatic heterocycles. The third-order valence-electron chi connectivity index (χ3n) is 3.15. The number of nitrogens with one attached hydrogen (secondary N) is 1. The average Bonchev–Trinajstić information content (AvgIpc) is 2.52. The van der Waals surface area contributed by atoms with E-state index in [1.54, 1.807) is 12.1 Å². The molecule has 2 aromatic rings. The Labute approximate surface area is 137 Å². The maximum atomic E-state index is 13.4.